The van der Waals surface area contributed by atoms with Crippen molar-refractivity contribution in [3.63, 3.8) is 0 Å². The maximum atomic E-state index is 4.00. The normalized spacial score (nSPS) is 16.1. The van der Waals surface area contributed by atoms with Crippen molar-refractivity contribution in [1.29, 1.82) is 0 Å². The first-order chi connectivity index (χ1) is 6.90. The van der Waals surface area contributed by atoms with Crippen LogP contribution in [0.3, 0.4) is 0 Å². The number of aromatic nitrogens is 4. The predicted molar refractivity (Wildman–Crippen MR) is 56.1 cm³/mol. The quantitative estimate of drug-likeness (QED) is 0.736. The van der Waals surface area contributed by atoms with E-state index in [0.717, 1.165) is 24.7 Å². The largest absolute Gasteiger partial charge is 0.307 e. The highest BCUT2D eigenvalue weighted by Crippen LogP contribution is 2.18. The van der Waals surface area contributed by atoms with Gasteiger partial charge in [-0.25, -0.2) is 4.68 Å². The Balaban J connectivity index is 1.83. The highest BCUT2D eigenvalue weighted by molar-refractivity contribution is 7.98. The van der Waals surface area contributed by atoms with Gasteiger partial charge in [0.2, 0.25) is 0 Å². The highest BCUT2D eigenvalue weighted by atomic mass is 32.2. The van der Waals surface area contributed by atoms with E-state index in [-0.39, 0.29) is 0 Å². The molecule has 1 fully saturated rings. The summed E-state index contributed by atoms with van der Waals surface area (Å²) >= 11 is 1.81. The molecule has 0 radical (unpaired) electrons. The third-order valence-corrected chi connectivity index (χ3v) is 2.83. The van der Waals surface area contributed by atoms with Crippen LogP contribution in [0.1, 0.15) is 18.7 Å². The zero-order chi connectivity index (χ0) is 9.80. The van der Waals surface area contributed by atoms with Crippen molar-refractivity contribution in [2.75, 3.05) is 12.0 Å². The Morgan fingerprint density at radius 1 is 1.57 bits per heavy atom. The van der Waals surface area contributed by atoms with E-state index in [1.807, 2.05) is 16.4 Å². The second kappa shape index (κ2) is 4.75. The first kappa shape index (κ1) is 9.92. The summed E-state index contributed by atoms with van der Waals surface area (Å²) in [5.74, 6) is 2.01. The van der Waals surface area contributed by atoms with Crippen molar-refractivity contribution in [2.45, 2.75) is 32.0 Å². The van der Waals surface area contributed by atoms with Crippen LogP contribution in [0.2, 0.25) is 0 Å². The number of aryl methyl sites for hydroxylation is 1. The van der Waals surface area contributed by atoms with Crippen LogP contribution in [0.15, 0.2) is 0 Å². The Morgan fingerprint density at radius 2 is 2.43 bits per heavy atom. The molecule has 1 saturated carbocycles. The summed E-state index contributed by atoms with van der Waals surface area (Å²) in [5.41, 5.74) is 0. The van der Waals surface area contributed by atoms with Gasteiger partial charge in [-0.2, -0.15) is 11.8 Å². The lowest BCUT2D eigenvalue weighted by Gasteiger charge is -2.03. The predicted octanol–water partition coefficient (Wildman–Crippen LogP) is 0.288. The molecule has 0 amide bonds. The standard InChI is InChI=1S/C8H15N5S/c1-14-5-4-13-8(10-11-12-13)6-9-7-2-3-7/h7,9H,2-6H2,1H3. The first-order valence-corrected chi connectivity index (χ1v) is 6.27. The molecular weight excluding hydrogens is 198 g/mol. The van der Waals surface area contributed by atoms with E-state index in [2.05, 4.69) is 27.1 Å². The lowest BCUT2D eigenvalue weighted by Crippen LogP contribution is -2.19. The van der Waals surface area contributed by atoms with Gasteiger partial charge < -0.3 is 5.32 Å². The van der Waals surface area contributed by atoms with Crippen molar-refractivity contribution in [3.05, 3.63) is 5.82 Å². The van der Waals surface area contributed by atoms with Gasteiger partial charge in [-0.3, -0.25) is 0 Å². The minimum Gasteiger partial charge on any atom is -0.307 e. The number of nitrogens with one attached hydrogen (secondary N) is 1. The molecule has 1 aromatic heterocycles. The fourth-order valence-corrected chi connectivity index (χ4v) is 1.58. The molecule has 5 nitrogen and oxygen atoms in total. The minimum atomic E-state index is 0.709. The van der Waals surface area contributed by atoms with Gasteiger partial charge in [0.15, 0.2) is 5.82 Å². The molecule has 0 bridgehead atoms. The molecule has 78 valence electrons. The fraction of sp³-hybridized carbons (Fsp3) is 0.875. The Morgan fingerprint density at radius 3 is 3.14 bits per heavy atom. The highest BCUT2D eigenvalue weighted by Gasteiger charge is 2.21. The molecule has 0 saturated heterocycles. The summed E-state index contributed by atoms with van der Waals surface area (Å²) in [7, 11) is 0. The van der Waals surface area contributed by atoms with Gasteiger partial charge in [-0.1, -0.05) is 0 Å². The van der Waals surface area contributed by atoms with Crippen molar-refractivity contribution in [3.8, 4) is 0 Å². The molecule has 0 aromatic carbocycles. The van der Waals surface area contributed by atoms with E-state index < -0.39 is 0 Å². The summed E-state index contributed by atoms with van der Waals surface area (Å²) in [4.78, 5) is 0. The van der Waals surface area contributed by atoms with E-state index in [4.69, 9.17) is 0 Å². The molecule has 1 heterocycles. The number of hydrogen-bond donors (Lipinski definition) is 1. The van der Waals surface area contributed by atoms with E-state index >= 15 is 0 Å². The molecule has 1 aliphatic carbocycles. The topological polar surface area (TPSA) is 55.6 Å². The van der Waals surface area contributed by atoms with Gasteiger partial charge in [0, 0.05) is 11.8 Å². The van der Waals surface area contributed by atoms with Crippen LogP contribution in [0, 0.1) is 0 Å². The van der Waals surface area contributed by atoms with Crippen LogP contribution in [-0.2, 0) is 13.1 Å². The third kappa shape index (κ3) is 2.68. The summed E-state index contributed by atoms with van der Waals surface area (Å²) < 4.78 is 1.88. The molecule has 0 spiro atoms. The monoisotopic (exact) mass is 213 g/mol. The Hall–Kier alpha value is -0.620. The van der Waals surface area contributed by atoms with Crippen molar-refractivity contribution in [2.24, 2.45) is 0 Å². The second-order valence-electron chi connectivity index (χ2n) is 3.47. The number of tetrazole rings is 1. The van der Waals surface area contributed by atoms with Crippen LogP contribution in [0.5, 0.6) is 0 Å². The van der Waals surface area contributed by atoms with Gasteiger partial charge in [0.05, 0.1) is 13.1 Å². The first-order valence-electron chi connectivity index (χ1n) is 4.87. The van der Waals surface area contributed by atoms with Crippen molar-refractivity contribution >= 4 is 11.8 Å². The maximum absolute atomic E-state index is 4.00. The zero-order valence-corrected chi connectivity index (χ0v) is 9.13. The lowest BCUT2D eigenvalue weighted by molar-refractivity contribution is 0.567. The average Bonchev–Trinajstić information content (AvgIpc) is 2.92. The second-order valence-corrected chi connectivity index (χ2v) is 4.45. The molecular formula is C8H15N5S. The van der Waals surface area contributed by atoms with Gasteiger partial charge >= 0.3 is 0 Å². The SMILES string of the molecule is CSCCn1nnnc1CNC1CC1. The number of rotatable bonds is 6. The molecule has 14 heavy (non-hydrogen) atoms. The van der Waals surface area contributed by atoms with E-state index in [1.54, 1.807) is 0 Å². The summed E-state index contributed by atoms with van der Waals surface area (Å²) in [6.07, 6.45) is 4.69. The van der Waals surface area contributed by atoms with Crippen LogP contribution in [0.25, 0.3) is 0 Å². The van der Waals surface area contributed by atoms with Crippen molar-refractivity contribution < 1.29 is 0 Å². The van der Waals surface area contributed by atoms with Crippen LogP contribution in [0.4, 0.5) is 0 Å². The zero-order valence-electron chi connectivity index (χ0n) is 8.31. The van der Waals surface area contributed by atoms with Crippen molar-refractivity contribution in [1.82, 2.24) is 25.5 Å². The van der Waals surface area contributed by atoms with E-state index in [0.29, 0.717) is 6.04 Å². The van der Waals surface area contributed by atoms with E-state index in [1.165, 1.54) is 12.8 Å². The lowest BCUT2D eigenvalue weighted by atomic mass is 10.5. The Kier molecular flexibility index (Phi) is 3.36. The van der Waals surface area contributed by atoms with Gasteiger partial charge in [-0.05, 0) is 29.5 Å². The summed E-state index contributed by atoms with van der Waals surface area (Å²) in [5, 5.41) is 15.0. The molecule has 1 N–H and O–H groups in total. The molecule has 0 unspecified atom stereocenters. The van der Waals surface area contributed by atoms with Gasteiger partial charge in [0.1, 0.15) is 0 Å². The molecule has 0 atom stereocenters. The van der Waals surface area contributed by atoms with Gasteiger partial charge in [-0.15, -0.1) is 5.10 Å². The summed E-state index contributed by atoms with van der Waals surface area (Å²) in [6, 6.07) is 0.709. The fourth-order valence-electron chi connectivity index (χ4n) is 1.22. The average molecular weight is 213 g/mol. The number of hydrogen-bond acceptors (Lipinski definition) is 5. The Labute approximate surface area is 87.6 Å². The van der Waals surface area contributed by atoms with Gasteiger partial charge in [0.25, 0.3) is 0 Å². The van der Waals surface area contributed by atoms with Crippen LogP contribution < -0.4 is 5.32 Å². The molecule has 1 aromatic rings. The molecule has 6 heteroatoms. The number of thioether (sulfide) groups is 1. The third-order valence-electron chi connectivity index (χ3n) is 2.24. The summed E-state index contributed by atoms with van der Waals surface area (Å²) in [6.45, 7) is 1.70. The Bertz CT molecular complexity index is 283. The molecule has 2 rings (SSSR count). The van der Waals surface area contributed by atoms with Crippen LogP contribution in [-0.4, -0.2) is 38.3 Å². The smallest absolute Gasteiger partial charge is 0.165 e. The molecule has 1 aliphatic rings. The molecule has 0 aliphatic heterocycles. The van der Waals surface area contributed by atoms with E-state index in [9.17, 15) is 0 Å². The maximum Gasteiger partial charge on any atom is 0.165 e. The van der Waals surface area contributed by atoms with Crippen LogP contribution >= 0.6 is 11.8 Å². The minimum absolute atomic E-state index is 0.709. The number of nitrogens with zero attached hydrogens (tertiary/aromatic N) is 4.